The third-order valence-electron chi connectivity index (χ3n) is 1.67. The lowest BCUT2D eigenvalue weighted by Gasteiger charge is -2.35. The number of primary amides is 1. The van der Waals surface area contributed by atoms with E-state index in [-0.39, 0.29) is 0 Å². The lowest BCUT2D eigenvalue weighted by atomic mass is 10.2. The van der Waals surface area contributed by atoms with Crippen molar-refractivity contribution in [2.45, 2.75) is 28.0 Å². The number of ether oxygens (including phenoxy) is 1. The molecule has 1 atom stereocenters. The summed E-state index contributed by atoms with van der Waals surface area (Å²) in [6, 6.07) is 0. The van der Waals surface area contributed by atoms with Gasteiger partial charge in [0.25, 0.3) is 5.91 Å². The minimum absolute atomic E-state index is 0.582. The highest BCUT2D eigenvalue weighted by molar-refractivity contribution is 14.1. The molecule has 3 nitrogen and oxygen atoms in total. The molecule has 0 radical (unpaired) electrons. The van der Waals surface area contributed by atoms with Crippen LogP contribution < -0.4 is 5.73 Å². The molecule has 14 heteroatoms. The Morgan fingerprint density at radius 1 is 0.900 bits per heavy atom. The molecule has 0 saturated heterocycles. The summed E-state index contributed by atoms with van der Waals surface area (Å²) in [7, 11) is 0. The van der Waals surface area contributed by atoms with Crippen molar-refractivity contribution in [1.29, 1.82) is 0 Å². The van der Waals surface area contributed by atoms with E-state index in [0.717, 1.165) is 0 Å². The predicted octanol–water partition coefficient (Wildman–Crippen LogP) is 2.97. The van der Waals surface area contributed by atoms with Gasteiger partial charge in [-0.05, 0) is 0 Å². The summed E-state index contributed by atoms with van der Waals surface area (Å²) >= 11 is -0.582. The number of amides is 1. The van der Waals surface area contributed by atoms with Crippen LogP contribution in [0, 0.1) is 0 Å². The minimum atomic E-state index is -6.81. The van der Waals surface area contributed by atoms with Gasteiger partial charge in [0, 0.05) is 22.6 Å². The quantitative estimate of drug-likeness (QED) is 0.409. The lowest BCUT2D eigenvalue weighted by Crippen LogP contribution is -2.62. The number of carbonyl (C=O) groups is 1. The molecule has 0 fully saturated rings. The van der Waals surface area contributed by atoms with E-state index < -0.39 is 56.5 Å². The normalized spacial score (nSPS) is 17.8. The van der Waals surface area contributed by atoms with Crippen molar-refractivity contribution >= 4 is 28.5 Å². The highest BCUT2D eigenvalue weighted by Gasteiger charge is 2.78. The molecule has 0 rings (SSSR count). The fourth-order valence-corrected chi connectivity index (χ4v) is 1.08. The first-order chi connectivity index (χ1) is 8.40. The first-order valence-corrected chi connectivity index (χ1v) is 5.06. The van der Waals surface area contributed by atoms with E-state index in [4.69, 9.17) is 0 Å². The van der Waals surface area contributed by atoms with E-state index >= 15 is 0 Å². The Morgan fingerprint density at radius 2 is 1.25 bits per heavy atom. The standard InChI is InChI=1S/C6H2F10INO2/c7-2(8,1(18)19)6(15,16)20-3(9,4(10,11)12)5(13,14)17/h(H2,18,19). The molecule has 1 unspecified atom stereocenters. The molecule has 0 aromatic heterocycles. The van der Waals surface area contributed by atoms with Crippen molar-refractivity contribution in [3.05, 3.63) is 0 Å². The van der Waals surface area contributed by atoms with E-state index in [0.29, 0.717) is 0 Å². The second-order valence-corrected chi connectivity index (χ2v) is 4.50. The SMILES string of the molecule is NC(=O)C(F)(F)C(F)(F)OC(F)(C(F)(F)F)C(F)(F)I. The number of nitrogens with two attached hydrogens (primary N) is 1. The molecule has 1 amide bonds. The van der Waals surface area contributed by atoms with Crippen LogP contribution in [-0.4, -0.2) is 33.9 Å². The van der Waals surface area contributed by atoms with Crippen LogP contribution >= 0.6 is 22.6 Å². The zero-order valence-electron chi connectivity index (χ0n) is 8.55. The summed E-state index contributed by atoms with van der Waals surface area (Å²) in [6.07, 6.45) is -13.4. The average molecular weight is 437 g/mol. The van der Waals surface area contributed by atoms with Gasteiger partial charge in [0.05, 0.1) is 0 Å². The zero-order chi connectivity index (χ0) is 16.8. The fourth-order valence-electron chi connectivity index (χ4n) is 0.661. The van der Waals surface area contributed by atoms with E-state index in [1.54, 1.807) is 0 Å². The second-order valence-electron chi connectivity index (χ2n) is 3.15. The molecule has 20 heavy (non-hydrogen) atoms. The van der Waals surface area contributed by atoms with Gasteiger partial charge in [0.2, 0.25) is 0 Å². The molecule has 0 aromatic rings. The Hall–Kier alpha value is -0.540. The van der Waals surface area contributed by atoms with Crippen molar-refractivity contribution in [2.75, 3.05) is 0 Å². The lowest BCUT2D eigenvalue weighted by molar-refractivity contribution is -0.465. The van der Waals surface area contributed by atoms with Crippen LogP contribution in [-0.2, 0) is 9.53 Å². The van der Waals surface area contributed by atoms with Gasteiger partial charge < -0.3 is 5.73 Å². The van der Waals surface area contributed by atoms with Crippen molar-refractivity contribution in [2.24, 2.45) is 5.73 Å². The summed E-state index contributed by atoms with van der Waals surface area (Å²) in [5.41, 5.74) is 3.75. The van der Waals surface area contributed by atoms with E-state index in [1.807, 2.05) is 4.74 Å². The van der Waals surface area contributed by atoms with Gasteiger partial charge in [0.1, 0.15) is 0 Å². The summed E-state index contributed by atoms with van der Waals surface area (Å²) in [6.45, 7) is 0. The van der Waals surface area contributed by atoms with Crippen LogP contribution in [0.5, 0.6) is 0 Å². The Kier molecular flexibility index (Phi) is 4.89. The zero-order valence-corrected chi connectivity index (χ0v) is 10.7. The highest BCUT2D eigenvalue weighted by atomic mass is 127. The van der Waals surface area contributed by atoms with E-state index in [9.17, 15) is 48.7 Å². The van der Waals surface area contributed by atoms with Crippen molar-refractivity contribution < 1.29 is 53.4 Å². The van der Waals surface area contributed by atoms with Crippen LogP contribution in [0.2, 0.25) is 0 Å². The second kappa shape index (κ2) is 5.03. The molecule has 0 saturated carbocycles. The third-order valence-corrected chi connectivity index (χ3v) is 2.37. The topological polar surface area (TPSA) is 52.3 Å². The molecule has 0 aliphatic rings. The number of rotatable bonds is 5. The van der Waals surface area contributed by atoms with Gasteiger partial charge in [-0.3, -0.25) is 9.53 Å². The minimum Gasteiger partial charge on any atom is -0.364 e. The first-order valence-electron chi connectivity index (χ1n) is 3.98. The Bertz CT molecular complexity index is 374. The van der Waals surface area contributed by atoms with Gasteiger partial charge in [-0.15, -0.1) is 0 Å². The summed E-state index contributed by atoms with van der Waals surface area (Å²) in [5.74, 6) is -15.8. The van der Waals surface area contributed by atoms with Gasteiger partial charge in [-0.1, -0.05) is 0 Å². The maximum atomic E-state index is 13.0. The van der Waals surface area contributed by atoms with Crippen molar-refractivity contribution in [3.8, 4) is 0 Å². The van der Waals surface area contributed by atoms with E-state index in [2.05, 4.69) is 5.73 Å². The molecule has 0 aliphatic heterocycles. The summed E-state index contributed by atoms with van der Waals surface area (Å²) in [4.78, 5) is 9.97. The van der Waals surface area contributed by atoms with Gasteiger partial charge in [-0.2, -0.15) is 43.9 Å². The number of hydrogen-bond donors (Lipinski definition) is 1. The van der Waals surface area contributed by atoms with Crippen LogP contribution in [0.25, 0.3) is 0 Å². The maximum Gasteiger partial charge on any atom is 0.456 e. The van der Waals surface area contributed by atoms with Crippen LogP contribution in [0.1, 0.15) is 0 Å². The van der Waals surface area contributed by atoms with Gasteiger partial charge in [-0.25, -0.2) is 0 Å². The Balaban J connectivity index is 5.80. The number of halogens is 11. The number of carbonyl (C=O) groups excluding carboxylic acids is 1. The van der Waals surface area contributed by atoms with Gasteiger partial charge >= 0.3 is 28.0 Å². The summed E-state index contributed by atoms with van der Waals surface area (Å²) in [5, 5.41) is 0. The molecule has 2 N–H and O–H groups in total. The Labute approximate surface area is 116 Å². The molecule has 0 aromatic carbocycles. The average Bonchev–Trinajstić information content (AvgIpc) is 2.12. The highest BCUT2D eigenvalue weighted by Crippen LogP contribution is 2.53. The predicted molar refractivity (Wildman–Crippen MR) is 49.0 cm³/mol. The molecule has 0 spiro atoms. The third kappa shape index (κ3) is 3.20. The van der Waals surface area contributed by atoms with Crippen molar-refractivity contribution in [1.82, 2.24) is 0 Å². The summed E-state index contributed by atoms with van der Waals surface area (Å²) < 4.78 is 121. The molecular formula is C6H2F10INO2. The van der Waals surface area contributed by atoms with Crippen LogP contribution in [0.15, 0.2) is 0 Å². The molecule has 0 bridgehead atoms. The molecule has 0 heterocycles. The fraction of sp³-hybridized carbons (Fsp3) is 0.833. The smallest absolute Gasteiger partial charge is 0.364 e. The largest absolute Gasteiger partial charge is 0.456 e. The van der Waals surface area contributed by atoms with Crippen LogP contribution in [0.3, 0.4) is 0 Å². The van der Waals surface area contributed by atoms with Gasteiger partial charge in [0.15, 0.2) is 0 Å². The van der Waals surface area contributed by atoms with E-state index in [1.165, 1.54) is 0 Å². The first kappa shape index (κ1) is 19.5. The monoisotopic (exact) mass is 437 g/mol. The molecular weight excluding hydrogens is 435 g/mol. The Morgan fingerprint density at radius 3 is 1.45 bits per heavy atom. The van der Waals surface area contributed by atoms with Crippen LogP contribution in [0.4, 0.5) is 43.9 Å². The number of alkyl halides is 11. The molecule has 120 valence electrons. The molecule has 0 aliphatic carbocycles. The van der Waals surface area contributed by atoms with Crippen molar-refractivity contribution in [3.63, 3.8) is 0 Å². The number of hydrogen-bond acceptors (Lipinski definition) is 2. The maximum absolute atomic E-state index is 13.0.